The van der Waals surface area contributed by atoms with Crippen LogP contribution >= 0.6 is 11.5 Å². The third-order valence-corrected chi connectivity index (χ3v) is 4.70. The summed E-state index contributed by atoms with van der Waals surface area (Å²) in [5.74, 6) is -1.02. The van der Waals surface area contributed by atoms with Gasteiger partial charge in [-0.15, -0.1) is 5.10 Å². The molecule has 1 aliphatic heterocycles. The van der Waals surface area contributed by atoms with Gasteiger partial charge in [-0.05, 0) is 37.5 Å². The molecule has 1 unspecified atom stereocenters. The molecule has 0 fully saturated rings. The summed E-state index contributed by atoms with van der Waals surface area (Å²) in [6.45, 7) is 3.43. The van der Waals surface area contributed by atoms with E-state index in [1.54, 1.807) is 31.2 Å². The van der Waals surface area contributed by atoms with Crippen LogP contribution in [0.3, 0.4) is 0 Å². The Balaban J connectivity index is 1.54. The third-order valence-electron chi connectivity index (χ3n) is 3.87. The Morgan fingerprint density at radius 3 is 2.73 bits per heavy atom. The molecule has 136 valence electrons. The number of ether oxygens (including phenoxy) is 1. The lowest BCUT2D eigenvalue weighted by atomic mass is 10.0. The molecular weight excluding hydrogens is 358 g/mol. The highest BCUT2D eigenvalue weighted by Crippen LogP contribution is 2.33. The molecule has 10 heteroatoms. The zero-order chi connectivity index (χ0) is 18.7. The van der Waals surface area contributed by atoms with Crippen LogP contribution in [0.1, 0.15) is 22.3 Å². The average Bonchev–Trinajstić information content (AvgIpc) is 3.05. The molecule has 0 saturated carbocycles. The summed E-state index contributed by atoms with van der Waals surface area (Å²) in [6, 6.07) is 6.87. The number of benzene rings is 1. The number of fused-ring (bicyclic) bond motifs is 1. The van der Waals surface area contributed by atoms with E-state index in [9.17, 15) is 14.4 Å². The van der Waals surface area contributed by atoms with Gasteiger partial charge in [0.05, 0.1) is 11.4 Å². The highest BCUT2D eigenvalue weighted by Gasteiger charge is 2.46. The van der Waals surface area contributed by atoms with Crippen molar-refractivity contribution in [3.63, 3.8) is 0 Å². The molecular formula is C16H17N5O4S. The van der Waals surface area contributed by atoms with E-state index in [0.29, 0.717) is 22.0 Å². The monoisotopic (exact) mass is 375 g/mol. The molecule has 1 atom stereocenters. The van der Waals surface area contributed by atoms with E-state index < -0.39 is 17.4 Å². The quantitative estimate of drug-likeness (QED) is 0.516. The van der Waals surface area contributed by atoms with Gasteiger partial charge >= 0.3 is 0 Å². The number of carbonyl (C=O) groups is 3. The maximum atomic E-state index is 12.4. The summed E-state index contributed by atoms with van der Waals surface area (Å²) >= 11 is 1.00. The van der Waals surface area contributed by atoms with Gasteiger partial charge in [0.2, 0.25) is 0 Å². The number of amides is 3. The number of anilines is 1. The molecule has 1 aliphatic rings. The normalized spacial score (nSPS) is 18.3. The van der Waals surface area contributed by atoms with Crippen LogP contribution < -0.4 is 20.7 Å². The van der Waals surface area contributed by atoms with Crippen molar-refractivity contribution >= 4 is 34.9 Å². The molecule has 3 N–H and O–H groups in total. The Bertz CT molecular complexity index is 868. The van der Waals surface area contributed by atoms with Crippen LogP contribution in [-0.2, 0) is 9.59 Å². The highest BCUT2D eigenvalue weighted by atomic mass is 32.1. The lowest BCUT2D eigenvalue weighted by molar-refractivity contribution is -0.146. The van der Waals surface area contributed by atoms with Crippen LogP contribution in [0.2, 0.25) is 0 Å². The topological polar surface area (TPSA) is 122 Å². The van der Waals surface area contributed by atoms with Crippen molar-refractivity contribution in [3.05, 3.63) is 34.8 Å². The number of rotatable bonds is 5. The van der Waals surface area contributed by atoms with Crippen LogP contribution in [-0.4, -0.2) is 46.0 Å². The van der Waals surface area contributed by atoms with E-state index in [1.165, 1.54) is 6.92 Å². The van der Waals surface area contributed by atoms with Crippen molar-refractivity contribution in [3.8, 4) is 5.75 Å². The molecule has 3 amide bonds. The summed E-state index contributed by atoms with van der Waals surface area (Å²) in [7, 11) is 0. The van der Waals surface area contributed by atoms with Crippen molar-refractivity contribution in [2.45, 2.75) is 19.4 Å². The Morgan fingerprint density at radius 2 is 2.00 bits per heavy atom. The zero-order valence-corrected chi connectivity index (χ0v) is 15.0. The minimum atomic E-state index is -1.68. The molecule has 0 aliphatic carbocycles. The summed E-state index contributed by atoms with van der Waals surface area (Å²) in [4.78, 5) is 37.1. The van der Waals surface area contributed by atoms with Gasteiger partial charge in [-0.1, -0.05) is 16.6 Å². The average molecular weight is 375 g/mol. The van der Waals surface area contributed by atoms with Crippen molar-refractivity contribution < 1.29 is 19.1 Å². The smallest absolute Gasteiger partial charge is 0.278 e. The molecule has 0 spiro atoms. The van der Waals surface area contributed by atoms with E-state index in [1.807, 2.05) is 0 Å². The molecule has 0 radical (unpaired) electrons. The summed E-state index contributed by atoms with van der Waals surface area (Å²) in [5, 5.41) is 11.7. The fourth-order valence-electron chi connectivity index (χ4n) is 2.36. The minimum absolute atomic E-state index is 0.143. The van der Waals surface area contributed by atoms with Gasteiger partial charge in [-0.25, -0.2) is 0 Å². The fraction of sp³-hybridized carbons (Fsp3) is 0.312. The molecule has 1 aromatic heterocycles. The Morgan fingerprint density at radius 1 is 1.27 bits per heavy atom. The summed E-state index contributed by atoms with van der Waals surface area (Å²) in [5.41, 5.74) is -0.616. The number of hydrogen-bond acceptors (Lipinski definition) is 7. The van der Waals surface area contributed by atoms with E-state index >= 15 is 0 Å². The number of aromatic nitrogens is 2. The van der Waals surface area contributed by atoms with E-state index in [0.717, 1.165) is 11.5 Å². The largest absolute Gasteiger partial charge is 0.466 e. The lowest BCUT2D eigenvalue weighted by Crippen LogP contribution is -2.59. The standard InChI is InChI=1S/C16H17N5O4S/c1-9-12(26-21-20-9)13(22)17-7-8-18-14(23)16(2)15(24)19-10-5-3-4-6-11(10)25-16/h3-6H,7-8H2,1-2H3,(H,17,22)(H,18,23)(H,19,24). The van der Waals surface area contributed by atoms with Gasteiger partial charge in [-0.2, -0.15) is 0 Å². The third kappa shape index (κ3) is 3.36. The lowest BCUT2D eigenvalue weighted by Gasteiger charge is -2.33. The molecule has 9 nitrogen and oxygen atoms in total. The first-order valence-electron chi connectivity index (χ1n) is 7.87. The first-order valence-corrected chi connectivity index (χ1v) is 8.64. The van der Waals surface area contributed by atoms with Gasteiger partial charge < -0.3 is 20.7 Å². The van der Waals surface area contributed by atoms with Gasteiger partial charge in [-0.3, -0.25) is 14.4 Å². The Labute approximate surface area is 153 Å². The molecule has 3 rings (SSSR count). The molecule has 1 aromatic carbocycles. The number of para-hydroxylation sites is 2. The Hall–Kier alpha value is -3.01. The first-order chi connectivity index (χ1) is 12.4. The van der Waals surface area contributed by atoms with Gasteiger partial charge in [0.1, 0.15) is 10.6 Å². The predicted octanol–water partition coefficient (Wildman–Crippen LogP) is 0.482. The van der Waals surface area contributed by atoms with Gasteiger partial charge in [0.25, 0.3) is 23.3 Å². The minimum Gasteiger partial charge on any atom is -0.466 e. The fourth-order valence-corrected chi connectivity index (χ4v) is 2.93. The zero-order valence-electron chi connectivity index (χ0n) is 14.2. The highest BCUT2D eigenvalue weighted by molar-refractivity contribution is 7.08. The molecule has 2 heterocycles. The summed E-state index contributed by atoms with van der Waals surface area (Å²) < 4.78 is 9.32. The second kappa shape index (κ2) is 7.08. The number of aryl methyl sites for hydroxylation is 1. The second-order valence-electron chi connectivity index (χ2n) is 5.78. The van der Waals surface area contributed by atoms with Crippen LogP contribution in [0, 0.1) is 6.92 Å². The van der Waals surface area contributed by atoms with Crippen LogP contribution in [0.15, 0.2) is 24.3 Å². The van der Waals surface area contributed by atoms with Crippen LogP contribution in [0.5, 0.6) is 5.75 Å². The van der Waals surface area contributed by atoms with E-state index in [4.69, 9.17) is 4.74 Å². The Kier molecular flexibility index (Phi) is 4.85. The van der Waals surface area contributed by atoms with Crippen molar-refractivity contribution in [1.82, 2.24) is 20.2 Å². The predicted molar refractivity (Wildman–Crippen MR) is 94.1 cm³/mol. The van der Waals surface area contributed by atoms with Crippen molar-refractivity contribution in [2.75, 3.05) is 18.4 Å². The number of nitrogens with zero attached hydrogens (tertiary/aromatic N) is 2. The van der Waals surface area contributed by atoms with E-state index in [-0.39, 0.29) is 19.0 Å². The summed E-state index contributed by atoms with van der Waals surface area (Å²) in [6.07, 6.45) is 0. The number of carbonyl (C=O) groups excluding carboxylic acids is 3. The van der Waals surface area contributed by atoms with Crippen LogP contribution in [0.25, 0.3) is 0 Å². The van der Waals surface area contributed by atoms with Gasteiger partial charge in [0, 0.05) is 13.1 Å². The molecule has 0 saturated heterocycles. The maximum Gasteiger partial charge on any atom is 0.278 e. The second-order valence-corrected chi connectivity index (χ2v) is 6.54. The molecule has 0 bridgehead atoms. The van der Waals surface area contributed by atoms with E-state index in [2.05, 4.69) is 25.5 Å². The first kappa shape index (κ1) is 17.8. The van der Waals surface area contributed by atoms with Crippen LogP contribution in [0.4, 0.5) is 5.69 Å². The number of hydrogen-bond donors (Lipinski definition) is 3. The maximum absolute atomic E-state index is 12.4. The molecule has 2 aromatic rings. The number of nitrogens with one attached hydrogen (secondary N) is 3. The van der Waals surface area contributed by atoms with Gasteiger partial charge in [0.15, 0.2) is 0 Å². The van der Waals surface area contributed by atoms with Crippen molar-refractivity contribution in [2.24, 2.45) is 0 Å². The SMILES string of the molecule is Cc1nnsc1C(=O)NCCNC(=O)C1(C)Oc2ccccc2NC1=O. The molecule has 26 heavy (non-hydrogen) atoms. The van der Waals surface area contributed by atoms with Crippen molar-refractivity contribution in [1.29, 1.82) is 0 Å².